The lowest BCUT2D eigenvalue weighted by Gasteiger charge is -2.11. The van der Waals surface area contributed by atoms with Crippen molar-refractivity contribution in [1.29, 1.82) is 5.26 Å². The second-order valence-electron chi connectivity index (χ2n) is 7.56. The van der Waals surface area contributed by atoms with Crippen LogP contribution in [0.4, 0.5) is 5.00 Å². The number of aryl methyl sites for hydroxylation is 1. The number of ketones is 1. The van der Waals surface area contributed by atoms with E-state index in [0.29, 0.717) is 27.6 Å². The normalized spacial score (nSPS) is 13.0. The summed E-state index contributed by atoms with van der Waals surface area (Å²) in [5.41, 5.74) is 2.08. The molecule has 0 radical (unpaired) electrons. The van der Waals surface area contributed by atoms with Gasteiger partial charge >= 0.3 is 0 Å². The Balaban J connectivity index is 1.62. The number of furan rings is 1. The highest BCUT2D eigenvalue weighted by molar-refractivity contribution is 7.16. The number of carbonyl (C=O) groups excluding carboxylic acids is 2. The van der Waals surface area contributed by atoms with Crippen molar-refractivity contribution in [3.05, 3.63) is 81.8 Å². The van der Waals surface area contributed by atoms with Gasteiger partial charge in [-0.05, 0) is 67.6 Å². The van der Waals surface area contributed by atoms with E-state index in [1.54, 1.807) is 43.5 Å². The third-order valence-corrected chi connectivity index (χ3v) is 6.64. The molecule has 1 amide bonds. The van der Waals surface area contributed by atoms with Crippen LogP contribution in [0.25, 0.3) is 0 Å². The van der Waals surface area contributed by atoms with Crippen LogP contribution in [0.15, 0.2) is 58.9 Å². The minimum Gasteiger partial charge on any atom is -0.497 e. The van der Waals surface area contributed by atoms with Gasteiger partial charge in [0.05, 0.1) is 25.5 Å². The fourth-order valence-electron chi connectivity index (χ4n) is 3.70. The van der Waals surface area contributed by atoms with Gasteiger partial charge < -0.3 is 19.8 Å². The number of rotatable bonds is 8. The van der Waals surface area contributed by atoms with Gasteiger partial charge in [0.2, 0.25) is 0 Å². The zero-order valence-corrected chi connectivity index (χ0v) is 19.0. The lowest BCUT2D eigenvalue weighted by atomic mass is 9.96. The number of hydrogen-bond donors (Lipinski definition) is 2. The number of allylic oxidation sites excluding steroid dienone is 1. The molecule has 168 valence electrons. The standard InChI is InChI=1S/C25H23N3O4S/c1-31-17-10-8-16(9-11-17)22(29)13-21(24(30)27-15-18-5-4-12-32-18)28-25-20(14-26)19-6-2-3-7-23(19)33-25/h4-5,8-13,28H,2-3,6-7,15H2,1H3,(H,27,30). The Morgan fingerprint density at radius 3 is 2.70 bits per heavy atom. The summed E-state index contributed by atoms with van der Waals surface area (Å²) in [6.07, 6.45) is 6.69. The van der Waals surface area contributed by atoms with Gasteiger partial charge in [0.1, 0.15) is 28.3 Å². The predicted molar refractivity (Wildman–Crippen MR) is 125 cm³/mol. The quantitative estimate of drug-likeness (QED) is 0.375. The molecule has 0 aliphatic heterocycles. The number of nitrogens with zero attached hydrogens (tertiary/aromatic N) is 1. The van der Waals surface area contributed by atoms with E-state index in [1.165, 1.54) is 23.7 Å². The number of benzene rings is 1. The predicted octanol–water partition coefficient (Wildman–Crippen LogP) is 4.60. The zero-order valence-electron chi connectivity index (χ0n) is 18.1. The number of nitrogens with one attached hydrogen (secondary N) is 2. The maximum atomic E-state index is 13.0. The van der Waals surface area contributed by atoms with Crippen molar-refractivity contribution in [3.63, 3.8) is 0 Å². The van der Waals surface area contributed by atoms with E-state index in [0.717, 1.165) is 36.1 Å². The number of anilines is 1. The van der Waals surface area contributed by atoms with Crippen molar-refractivity contribution < 1.29 is 18.7 Å². The molecule has 33 heavy (non-hydrogen) atoms. The summed E-state index contributed by atoms with van der Waals surface area (Å²) in [4.78, 5) is 27.1. The summed E-state index contributed by atoms with van der Waals surface area (Å²) in [5.74, 6) is 0.415. The van der Waals surface area contributed by atoms with Crippen LogP contribution in [0.1, 0.15) is 45.0 Å². The number of thiophene rings is 1. The van der Waals surface area contributed by atoms with Crippen molar-refractivity contribution in [1.82, 2.24) is 5.32 Å². The average molecular weight is 462 g/mol. The maximum Gasteiger partial charge on any atom is 0.268 e. The molecular weight excluding hydrogens is 438 g/mol. The third-order valence-electron chi connectivity index (χ3n) is 5.43. The summed E-state index contributed by atoms with van der Waals surface area (Å²) in [6.45, 7) is 0.174. The van der Waals surface area contributed by atoms with E-state index in [1.807, 2.05) is 0 Å². The molecule has 0 fully saturated rings. The molecule has 7 nitrogen and oxygen atoms in total. The van der Waals surface area contributed by atoms with Crippen molar-refractivity contribution in [2.24, 2.45) is 0 Å². The van der Waals surface area contributed by atoms with Gasteiger partial charge in [0.15, 0.2) is 5.78 Å². The Hall–Kier alpha value is -3.83. The molecule has 0 bridgehead atoms. The third kappa shape index (κ3) is 5.16. The zero-order chi connectivity index (χ0) is 23.2. The highest BCUT2D eigenvalue weighted by Crippen LogP contribution is 2.38. The van der Waals surface area contributed by atoms with Crippen LogP contribution < -0.4 is 15.4 Å². The Morgan fingerprint density at radius 2 is 2.00 bits per heavy atom. The molecule has 0 atom stereocenters. The molecule has 2 aromatic heterocycles. The van der Waals surface area contributed by atoms with Crippen molar-refractivity contribution in [2.45, 2.75) is 32.2 Å². The SMILES string of the molecule is COc1ccc(C(=O)C=C(Nc2sc3c(c2C#N)CCCC3)C(=O)NCc2ccco2)cc1. The van der Waals surface area contributed by atoms with E-state index in [9.17, 15) is 14.9 Å². The van der Waals surface area contributed by atoms with Crippen LogP contribution in [0.2, 0.25) is 0 Å². The van der Waals surface area contributed by atoms with Crippen LogP contribution in [0, 0.1) is 11.3 Å². The Kier molecular flexibility index (Phi) is 6.91. The molecule has 0 spiro atoms. The molecule has 2 heterocycles. The minimum atomic E-state index is -0.469. The highest BCUT2D eigenvalue weighted by Gasteiger charge is 2.23. The van der Waals surface area contributed by atoms with Gasteiger partial charge in [0, 0.05) is 16.5 Å². The number of carbonyl (C=O) groups is 2. The van der Waals surface area contributed by atoms with Crippen LogP contribution in [-0.2, 0) is 24.2 Å². The molecule has 1 aromatic carbocycles. The molecular formula is C25H23N3O4S. The van der Waals surface area contributed by atoms with Gasteiger partial charge in [-0.25, -0.2) is 0 Å². The first-order valence-electron chi connectivity index (χ1n) is 10.6. The first-order valence-corrected chi connectivity index (χ1v) is 11.4. The topological polar surface area (TPSA) is 104 Å². The van der Waals surface area contributed by atoms with Crippen LogP contribution >= 0.6 is 11.3 Å². The number of hydrogen-bond acceptors (Lipinski definition) is 7. The van der Waals surface area contributed by atoms with Gasteiger partial charge in [-0.2, -0.15) is 5.26 Å². The molecule has 0 saturated carbocycles. The molecule has 2 N–H and O–H groups in total. The Bertz CT molecular complexity index is 1220. The lowest BCUT2D eigenvalue weighted by molar-refractivity contribution is -0.117. The Morgan fingerprint density at radius 1 is 1.21 bits per heavy atom. The van der Waals surface area contributed by atoms with E-state index in [4.69, 9.17) is 9.15 Å². The average Bonchev–Trinajstić information content (AvgIpc) is 3.49. The largest absolute Gasteiger partial charge is 0.497 e. The number of amides is 1. The molecule has 8 heteroatoms. The van der Waals surface area contributed by atoms with Crippen LogP contribution in [-0.4, -0.2) is 18.8 Å². The number of nitriles is 1. The molecule has 1 aliphatic carbocycles. The van der Waals surface area contributed by atoms with Crippen molar-refractivity contribution >= 4 is 28.0 Å². The highest BCUT2D eigenvalue weighted by atomic mass is 32.1. The molecule has 3 aromatic rings. The van der Waals surface area contributed by atoms with Crippen molar-refractivity contribution in [3.8, 4) is 11.8 Å². The van der Waals surface area contributed by atoms with Crippen LogP contribution in [0.3, 0.4) is 0 Å². The molecule has 0 unspecified atom stereocenters. The lowest BCUT2D eigenvalue weighted by Crippen LogP contribution is -2.28. The first-order chi connectivity index (χ1) is 16.1. The smallest absolute Gasteiger partial charge is 0.268 e. The maximum absolute atomic E-state index is 13.0. The van der Waals surface area contributed by atoms with E-state index in [2.05, 4.69) is 16.7 Å². The number of methoxy groups -OCH3 is 1. The summed E-state index contributed by atoms with van der Waals surface area (Å²) < 4.78 is 10.4. The van der Waals surface area contributed by atoms with Gasteiger partial charge in [-0.15, -0.1) is 11.3 Å². The van der Waals surface area contributed by atoms with Gasteiger partial charge in [-0.1, -0.05) is 0 Å². The van der Waals surface area contributed by atoms with E-state index in [-0.39, 0.29) is 18.0 Å². The molecule has 4 rings (SSSR count). The van der Waals surface area contributed by atoms with E-state index >= 15 is 0 Å². The molecule has 1 aliphatic rings. The second kappa shape index (κ2) is 10.2. The van der Waals surface area contributed by atoms with Crippen molar-refractivity contribution in [2.75, 3.05) is 12.4 Å². The van der Waals surface area contributed by atoms with Gasteiger partial charge in [-0.3, -0.25) is 9.59 Å². The number of fused-ring (bicyclic) bond motifs is 1. The monoisotopic (exact) mass is 461 g/mol. The van der Waals surface area contributed by atoms with Crippen LogP contribution in [0.5, 0.6) is 5.75 Å². The Labute approximate surface area is 195 Å². The summed E-state index contributed by atoms with van der Waals surface area (Å²) in [5, 5.41) is 16.2. The van der Waals surface area contributed by atoms with Gasteiger partial charge in [0.25, 0.3) is 5.91 Å². The number of ether oxygens (including phenoxy) is 1. The second-order valence-corrected chi connectivity index (χ2v) is 8.67. The minimum absolute atomic E-state index is 0.0671. The van der Waals surface area contributed by atoms with E-state index < -0.39 is 5.91 Å². The summed E-state index contributed by atoms with van der Waals surface area (Å²) >= 11 is 1.48. The molecule has 0 saturated heterocycles. The summed E-state index contributed by atoms with van der Waals surface area (Å²) in [6, 6.07) is 12.4. The summed E-state index contributed by atoms with van der Waals surface area (Å²) in [7, 11) is 1.55. The fourth-order valence-corrected chi connectivity index (χ4v) is 4.95. The fraction of sp³-hybridized carbons (Fsp3) is 0.240. The first kappa shape index (κ1) is 22.4.